The van der Waals surface area contributed by atoms with Crippen LogP contribution in [0.1, 0.15) is 16.7 Å². The number of rotatable bonds is 7. The van der Waals surface area contributed by atoms with Crippen LogP contribution >= 0.6 is 35.0 Å². The van der Waals surface area contributed by atoms with Crippen molar-refractivity contribution in [2.45, 2.75) is 13.2 Å². The van der Waals surface area contributed by atoms with E-state index in [1.54, 1.807) is 42.5 Å². The smallest absolute Gasteiger partial charge is 0.293 e. The first-order valence-corrected chi connectivity index (χ1v) is 12.4. The topological polar surface area (TPSA) is 74.3 Å². The zero-order valence-corrected chi connectivity index (χ0v) is 21.3. The lowest BCUT2D eigenvalue weighted by molar-refractivity contribution is -0.123. The van der Waals surface area contributed by atoms with Crippen molar-refractivity contribution in [1.29, 1.82) is 0 Å². The lowest BCUT2D eigenvalue weighted by Gasteiger charge is -2.14. The average molecular weight is 544 g/mol. The number of methoxy groups -OCH3 is 1. The van der Waals surface area contributed by atoms with E-state index in [0.29, 0.717) is 49.1 Å². The third-order valence-corrected chi connectivity index (χ3v) is 7.20. The van der Waals surface area contributed by atoms with Crippen LogP contribution in [0.4, 0.5) is 4.79 Å². The number of fused-ring (bicyclic) bond motifs is 1. The largest absolute Gasteiger partial charge is 0.493 e. The van der Waals surface area contributed by atoms with Crippen molar-refractivity contribution >= 4 is 52.2 Å². The van der Waals surface area contributed by atoms with Crippen LogP contribution in [-0.4, -0.2) is 29.9 Å². The van der Waals surface area contributed by atoms with E-state index in [2.05, 4.69) is 0 Å². The first-order valence-electron chi connectivity index (χ1n) is 10.8. The van der Waals surface area contributed by atoms with Crippen molar-refractivity contribution in [1.82, 2.24) is 4.90 Å². The van der Waals surface area contributed by atoms with Crippen LogP contribution < -0.4 is 18.9 Å². The summed E-state index contributed by atoms with van der Waals surface area (Å²) >= 11 is 13.4. The van der Waals surface area contributed by atoms with Gasteiger partial charge in [0, 0.05) is 21.7 Å². The van der Waals surface area contributed by atoms with Crippen LogP contribution in [0, 0.1) is 0 Å². The van der Waals surface area contributed by atoms with Gasteiger partial charge in [0.25, 0.3) is 11.1 Å². The van der Waals surface area contributed by atoms with Crippen molar-refractivity contribution in [3.05, 3.63) is 86.2 Å². The predicted octanol–water partition coefficient (Wildman–Crippen LogP) is 6.55. The van der Waals surface area contributed by atoms with Crippen LogP contribution in [0.5, 0.6) is 23.0 Å². The number of hydrogen-bond donors (Lipinski definition) is 0. The van der Waals surface area contributed by atoms with Gasteiger partial charge in [0.2, 0.25) is 6.79 Å². The molecule has 0 atom stereocenters. The van der Waals surface area contributed by atoms with Crippen molar-refractivity contribution in [2.75, 3.05) is 13.9 Å². The normalized spacial score (nSPS) is 15.6. The molecular formula is C26H19Cl2NO6S. The molecule has 5 rings (SSSR count). The Hall–Kier alpha value is -3.33. The summed E-state index contributed by atoms with van der Waals surface area (Å²) < 4.78 is 22.0. The van der Waals surface area contributed by atoms with Gasteiger partial charge in [0.05, 0.1) is 18.6 Å². The van der Waals surface area contributed by atoms with Gasteiger partial charge < -0.3 is 18.9 Å². The summed E-state index contributed by atoms with van der Waals surface area (Å²) in [6.45, 7) is 0.402. The first-order chi connectivity index (χ1) is 17.4. The van der Waals surface area contributed by atoms with Crippen LogP contribution in [-0.2, 0) is 17.9 Å². The van der Waals surface area contributed by atoms with Crippen molar-refractivity contribution < 1.29 is 28.5 Å². The molecule has 2 amide bonds. The highest BCUT2D eigenvalue weighted by molar-refractivity contribution is 8.18. The Kier molecular flexibility index (Phi) is 7.00. The van der Waals surface area contributed by atoms with E-state index in [1.165, 1.54) is 7.11 Å². The summed E-state index contributed by atoms with van der Waals surface area (Å²) in [5.41, 5.74) is 2.12. The maximum Gasteiger partial charge on any atom is 0.293 e. The summed E-state index contributed by atoms with van der Waals surface area (Å²) in [4.78, 5) is 27.1. The Labute approximate surface area is 221 Å². The number of carbonyl (C=O) groups excluding carboxylic acids is 2. The average Bonchev–Trinajstić information content (AvgIpc) is 3.43. The van der Waals surface area contributed by atoms with E-state index in [9.17, 15) is 9.59 Å². The number of thioether (sulfide) groups is 1. The lowest BCUT2D eigenvalue weighted by Crippen LogP contribution is -2.27. The summed E-state index contributed by atoms with van der Waals surface area (Å²) in [5.74, 6) is 1.67. The van der Waals surface area contributed by atoms with Crippen molar-refractivity contribution in [3.63, 3.8) is 0 Å². The minimum Gasteiger partial charge on any atom is -0.493 e. The maximum absolute atomic E-state index is 13.0. The highest BCUT2D eigenvalue weighted by Crippen LogP contribution is 2.40. The zero-order valence-electron chi connectivity index (χ0n) is 19.0. The lowest BCUT2D eigenvalue weighted by atomic mass is 10.1. The second-order valence-electron chi connectivity index (χ2n) is 7.86. The molecule has 2 aliphatic heterocycles. The van der Waals surface area contributed by atoms with Crippen LogP contribution in [0.2, 0.25) is 10.0 Å². The summed E-state index contributed by atoms with van der Waals surface area (Å²) in [5, 5.41) is 0.622. The van der Waals surface area contributed by atoms with Gasteiger partial charge in [-0.3, -0.25) is 14.5 Å². The van der Waals surface area contributed by atoms with Gasteiger partial charge in [-0.15, -0.1) is 0 Å². The molecule has 0 N–H and O–H groups in total. The van der Waals surface area contributed by atoms with Crippen LogP contribution in [0.3, 0.4) is 0 Å². The molecule has 0 saturated carbocycles. The van der Waals surface area contributed by atoms with Crippen molar-refractivity contribution in [2.24, 2.45) is 0 Å². The number of carbonyl (C=O) groups is 2. The highest BCUT2D eigenvalue weighted by atomic mass is 35.5. The van der Waals surface area contributed by atoms with Gasteiger partial charge in [0.15, 0.2) is 23.0 Å². The molecule has 36 heavy (non-hydrogen) atoms. The minimum atomic E-state index is -0.406. The molecule has 10 heteroatoms. The second kappa shape index (κ2) is 10.3. The van der Waals surface area contributed by atoms with Gasteiger partial charge in [-0.05, 0) is 53.2 Å². The summed E-state index contributed by atoms with van der Waals surface area (Å²) in [6.07, 6.45) is 1.65. The van der Waals surface area contributed by atoms with Crippen molar-refractivity contribution in [3.8, 4) is 23.0 Å². The van der Waals surface area contributed by atoms with Gasteiger partial charge in [0.1, 0.15) is 6.61 Å². The van der Waals surface area contributed by atoms with E-state index in [4.69, 9.17) is 42.1 Å². The van der Waals surface area contributed by atoms with Gasteiger partial charge in [-0.2, -0.15) is 0 Å². The number of imide groups is 1. The van der Waals surface area contributed by atoms with E-state index in [1.807, 2.05) is 18.2 Å². The quantitative estimate of drug-likeness (QED) is 0.313. The number of nitrogens with zero attached hydrogens (tertiary/aromatic N) is 1. The van der Waals surface area contributed by atoms with Gasteiger partial charge >= 0.3 is 0 Å². The summed E-state index contributed by atoms with van der Waals surface area (Å²) in [6, 6.07) is 16.0. The van der Waals surface area contributed by atoms with Crippen LogP contribution in [0.15, 0.2) is 59.5 Å². The molecule has 7 nitrogen and oxygen atoms in total. The third-order valence-electron chi connectivity index (χ3n) is 5.57. The van der Waals surface area contributed by atoms with E-state index >= 15 is 0 Å². The Morgan fingerprint density at radius 3 is 2.53 bits per heavy atom. The molecule has 3 aromatic carbocycles. The van der Waals surface area contributed by atoms with E-state index < -0.39 is 5.91 Å². The van der Waals surface area contributed by atoms with Gasteiger partial charge in [-0.1, -0.05) is 47.5 Å². The molecule has 0 radical (unpaired) electrons. The number of halogens is 2. The Bertz CT molecular complexity index is 1390. The molecule has 0 aromatic heterocycles. The molecule has 1 saturated heterocycles. The molecule has 0 unspecified atom stereocenters. The Morgan fingerprint density at radius 2 is 1.75 bits per heavy atom. The number of ether oxygens (including phenoxy) is 4. The highest BCUT2D eigenvalue weighted by Gasteiger charge is 2.35. The fourth-order valence-electron chi connectivity index (χ4n) is 3.70. The molecule has 3 aromatic rings. The Balaban J connectivity index is 1.32. The number of amides is 2. The zero-order chi connectivity index (χ0) is 25.2. The molecule has 0 bridgehead atoms. The monoisotopic (exact) mass is 543 g/mol. The standard InChI is InChI=1S/C26H19Cl2NO6S/c1-32-21-8-15(6-7-20(21)33-13-16-4-2-3-5-18(16)27)9-24-25(30)29(26(31)36-24)12-17-10-22-23(11-19(17)28)35-14-34-22/h2-11H,12-14H2,1H3/b24-9+. The molecular weight excluding hydrogens is 525 g/mol. The van der Waals surface area contributed by atoms with E-state index in [0.717, 1.165) is 22.2 Å². The fourth-order valence-corrected chi connectivity index (χ4v) is 4.94. The summed E-state index contributed by atoms with van der Waals surface area (Å²) in [7, 11) is 1.53. The molecule has 0 spiro atoms. The molecule has 1 fully saturated rings. The third kappa shape index (κ3) is 4.97. The number of benzene rings is 3. The Morgan fingerprint density at radius 1 is 0.972 bits per heavy atom. The first kappa shape index (κ1) is 24.4. The van der Waals surface area contributed by atoms with E-state index in [-0.39, 0.29) is 25.2 Å². The number of hydrogen-bond acceptors (Lipinski definition) is 7. The molecule has 184 valence electrons. The minimum absolute atomic E-state index is 0.0234. The van der Waals surface area contributed by atoms with Crippen LogP contribution in [0.25, 0.3) is 6.08 Å². The maximum atomic E-state index is 13.0. The molecule has 0 aliphatic carbocycles. The molecule has 2 heterocycles. The molecule has 2 aliphatic rings. The van der Waals surface area contributed by atoms with Gasteiger partial charge in [-0.25, -0.2) is 0 Å². The SMILES string of the molecule is COc1cc(/C=C2/SC(=O)N(Cc3cc4c(cc3Cl)OCO4)C2=O)ccc1OCc1ccccc1Cl. The fraction of sp³-hybridized carbons (Fsp3) is 0.154. The predicted molar refractivity (Wildman–Crippen MR) is 138 cm³/mol. The second-order valence-corrected chi connectivity index (χ2v) is 9.66.